The number of aliphatic hydroxyl groups excluding tert-OH is 1. The molecule has 0 atom stereocenters. The highest BCUT2D eigenvalue weighted by Crippen LogP contribution is 2.17. The molecular weight excluding hydrogens is 228 g/mol. The van der Waals surface area contributed by atoms with Gasteiger partial charge in [-0.1, -0.05) is 12.1 Å². The standard InChI is InChI=1S/C14H22N2O2/c1-15(6-9-17)12-13-2-4-14(5-3-13)16-7-10-18-11-8-16/h2-5,17H,6-12H2,1H3. The van der Waals surface area contributed by atoms with Gasteiger partial charge in [-0.25, -0.2) is 0 Å². The predicted octanol–water partition coefficient (Wildman–Crippen LogP) is 0.947. The Morgan fingerprint density at radius 2 is 1.89 bits per heavy atom. The Balaban J connectivity index is 1.92. The zero-order valence-electron chi connectivity index (χ0n) is 11.0. The quantitative estimate of drug-likeness (QED) is 0.844. The first-order chi connectivity index (χ1) is 8.79. The molecule has 1 aliphatic heterocycles. The van der Waals surface area contributed by atoms with E-state index in [9.17, 15) is 0 Å². The number of hydrogen-bond acceptors (Lipinski definition) is 4. The highest BCUT2D eigenvalue weighted by Gasteiger charge is 2.10. The van der Waals surface area contributed by atoms with E-state index in [-0.39, 0.29) is 6.61 Å². The third-order valence-electron chi connectivity index (χ3n) is 3.25. The summed E-state index contributed by atoms with van der Waals surface area (Å²) in [5.74, 6) is 0. The summed E-state index contributed by atoms with van der Waals surface area (Å²) < 4.78 is 5.35. The number of rotatable bonds is 5. The van der Waals surface area contributed by atoms with Crippen molar-refractivity contribution in [2.24, 2.45) is 0 Å². The summed E-state index contributed by atoms with van der Waals surface area (Å²) in [6.45, 7) is 5.40. The first kappa shape index (κ1) is 13.3. The van der Waals surface area contributed by atoms with E-state index in [0.717, 1.165) is 32.8 Å². The second kappa shape index (κ2) is 6.73. The largest absolute Gasteiger partial charge is 0.395 e. The molecule has 1 aromatic rings. The Labute approximate surface area is 109 Å². The van der Waals surface area contributed by atoms with Crippen molar-refractivity contribution in [2.45, 2.75) is 6.54 Å². The van der Waals surface area contributed by atoms with Crippen molar-refractivity contribution >= 4 is 5.69 Å². The van der Waals surface area contributed by atoms with Gasteiger partial charge in [0.05, 0.1) is 19.8 Å². The van der Waals surface area contributed by atoms with Gasteiger partial charge in [-0.15, -0.1) is 0 Å². The van der Waals surface area contributed by atoms with E-state index in [4.69, 9.17) is 9.84 Å². The first-order valence-electron chi connectivity index (χ1n) is 6.50. The fourth-order valence-corrected chi connectivity index (χ4v) is 2.20. The van der Waals surface area contributed by atoms with E-state index in [1.807, 2.05) is 7.05 Å². The summed E-state index contributed by atoms with van der Waals surface area (Å²) in [6.07, 6.45) is 0. The molecule has 0 aliphatic carbocycles. The van der Waals surface area contributed by atoms with Crippen molar-refractivity contribution in [2.75, 3.05) is 51.4 Å². The van der Waals surface area contributed by atoms with Gasteiger partial charge >= 0.3 is 0 Å². The van der Waals surface area contributed by atoms with Gasteiger partial charge < -0.3 is 14.7 Å². The molecule has 1 aromatic carbocycles. The van der Waals surface area contributed by atoms with Crippen molar-refractivity contribution in [3.8, 4) is 0 Å². The minimum absolute atomic E-state index is 0.211. The molecule has 0 unspecified atom stereocenters. The summed E-state index contributed by atoms with van der Waals surface area (Å²) in [6, 6.07) is 8.68. The van der Waals surface area contributed by atoms with E-state index < -0.39 is 0 Å². The summed E-state index contributed by atoms with van der Waals surface area (Å²) in [5.41, 5.74) is 2.55. The van der Waals surface area contributed by atoms with Crippen molar-refractivity contribution in [3.63, 3.8) is 0 Å². The number of nitrogens with zero attached hydrogens (tertiary/aromatic N) is 2. The van der Waals surface area contributed by atoms with Gasteiger partial charge in [0.25, 0.3) is 0 Å². The smallest absolute Gasteiger partial charge is 0.0642 e. The Hall–Kier alpha value is -1.10. The van der Waals surface area contributed by atoms with Crippen LogP contribution in [-0.4, -0.2) is 56.5 Å². The second-order valence-electron chi connectivity index (χ2n) is 4.73. The van der Waals surface area contributed by atoms with Crippen molar-refractivity contribution in [1.82, 2.24) is 4.90 Å². The maximum atomic E-state index is 8.87. The molecule has 0 spiro atoms. The van der Waals surface area contributed by atoms with Crippen LogP contribution >= 0.6 is 0 Å². The first-order valence-corrected chi connectivity index (χ1v) is 6.50. The van der Waals surface area contributed by atoms with Crippen LogP contribution in [0.5, 0.6) is 0 Å². The molecule has 0 aromatic heterocycles. The van der Waals surface area contributed by atoms with Crippen LogP contribution in [0.1, 0.15) is 5.56 Å². The van der Waals surface area contributed by atoms with Crippen LogP contribution in [0.25, 0.3) is 0 Å². The zero-order valence-corrected chi connectivity index (χ0v) is 11.0. The van der Waals surface area contributed by atoms with Crippen molar-refractivity contribution in [3.05, 3.63) is 29.8 Å². The number of morpholine rings is 1. The zero-order chi connectivity index (χ0) is 12.8. The number of ether oxygens (including phenoxy) is 1. The molecule has 1 saturated heterocycles. The van der Waals surface area contributed by atoms with Crippen LogP contribution in [0, 0.1) is 0 Å². The lowest BCUT2D eigenvalue weighted by Crippen LogP contribution is -2.36. The lowest BCUT2D eigenvalue weighted by molar-refractivity contribution is 0.122. The molecule has 0 saturated carbocycles. The third kappa shape index (κ3) is 3.70. The van der Waals surface area contributed by atoms with Crippen LogP contribution in [0.15, 0.2) is 24.3 Å². The summed E-state index contributed by atoms with van der Waals surface area (Å²) in [4.78, 5) is 4.47. The van der Waals surface area contributed by atoms with Gasteiger partial charge in [0.2, 0.25) is 0 Å². The average molecular weight is 250 g/mol. The van der Waals surface area contributed by atoms with Gasteiger partial charge in [-0.05, 0) is 24.7 Å². The summed E-state index contributed by atoms with van der Waals surface area (Å²) in [5, 5.41) is 8.87. The summed E-state index contributed by atoms with van der Waals surface area (Å²) >= 11 is 0. The number of likely N-dealkylation sites (N-methyl/N-ethyl adjacent to an activating group) is 1. The minimum atomic E-state index is 0.211. The monoisotopic (exact) mass is 250 g/mol. The van der Waals surface area contributed by atoms with Crippen molar-refractivity contribution in [1.29, 1.82) is 0 Å². The Morgan fingerprint density at radius 1 is 1.22 bits per heavy atom. The predicted molar refractivity (Wildman–Crippen MR) is 72.9 cm³/mol. The van der Waals surface area contributed by atoms with E-state index >= 15 is 0 Å². The van der Waals surface area contributed by atoms with Gasteiger partial charge in [0.15, 0.2) is 0 Å². The molecule has 0 radical (unpaired) electrons. The number of aliphatic hydroxyl groups is 1. The van der Waals surface area contributed by atoms with Crippen molar-refractivity contribution < 1.29 is 9.84 Å². The number of anilines is 1. The Bertz CT molecular complexity index is 347. The van der Waals surface area contributed by atoms with Gasteiger partial charge in [0, 0.05) is 31.9 Å². The maximum absolute atomic E-state index is 8.87. The third-order valence-corrected chi connectivity index (χ3v) is 3.25. The molecule has 1 fully saturated rings. The van der Waals surface area contributed by atoms with E-state index in [2.05, 4.69) is 34.1 Å². The second-order valence-corrected chi connectivity index (χ2v) is 4.73. The molecule has 18 heavy (non-hydrogen) atoms. The molecule has 1 N–H and O–H groups in total. The lowest BCUT2D eigenvalue weighted by atomic mass is 10.2. The molecule has 1 aliphatic rings. The Morgan fingerprint density at radius 3 is 2.50 bits per heavy atom. The van der Waals surface area contributed by atoms with Gasteiger partial charge in [-0.3, -0.25) is 4.90 Å². The average Bonchev–Trinajstić information content (AvgIpc) is 2.41. The molecule has 1 heterocycles. The molecule has 2 rings (SSSR count). The van der Waals surface area contributed by atoms with E-state index in [1.165, 1.54) is 11.3 Å². The fourth-order valence-electron chi connectivity index (χ4n) is 2.20. The Kier molecular flexibility index (Phi) is 4.99. The maximum Gasteiger partial charge on any atom is 0.0642 e. The molecule has 0 amide bonds. The topological polar surface area (TPSA) is 35.9 Å². The fraction of sp³-hybridized carbons (Fsp3) is 0.571. The highest BCUT2D eigenvalue weighted by molar-refractivity contribution is 5.47. The van der Waals surface area contributed by atoms with E-state index in [0.29, 0.717) is 6.54 Å². The molecular formula is C14H22N2O2. The van der Waals surface area contributed by atoms with Gasteiger partial charge in [0.1, 0.15) is 0 Å². The SMILES string of the molecule is CN(CCO)Cc1ccc(N2CCOCC2)cc1. The molecule has 100 valence electrons. The molecule has 4 nitrogen and oxygen atoms in total. The summed E-state index contributed by atoms with van der Waals surface area (Å²) in [7, 11) is 2.02. The van der Waals surface area contributed by atoms with Crippen LogP contribution in [0.2, 0.25) is 0 Å². The van der Waals surface area contributed by atoms with E-state index in [1.54, 1.807) is 0 Å². The lowest BCUT2D eigenvalue weighted by Gasteiger charge is -2.29. The normalized spacial score (nSPS) is 16.3. The highest BCUT2D eigenvalue weighted by atomic mass is 16.5. The van der Waals surface area contributed by atoms with Crippen LogP contribution < -0.4 is 4.90 Å². The number of benzene rings is 1. The number of hydrogen-bond donors (Lipinski definition) is 1. The molecule has 4 heteroatoms. The molecule has 0 bridgehead atoms. The van der Waals surface area contributed by atoms with Crippen LogP contribution in [0.3, 0.4) is 0 Å². The minimum Gasteiger partial charge on any atom is -0.395 e. The van der Waals surface area contributed by atoms with Crippen LogP contribution in [0.4, 0.5) is 5.69 Å². The van der Waals surface area contributed by atoms with Gasteiger partial charge in [-0.2, -0.15) is 0 Å². The van der Waals surface area contributed by atoms with Crippen LogP contribution in [-0.2, 0) is 11.3 Å².